The molecule has 4 heteroatoms. The Balaban J connectivity index is 1.83. The van der Waals surface area contributed by atoms with Gasteiger partial charge in [-0.1, -0.05) is 6.92 Å². The van der Waals surface area contributed by atoms with Gasteiger partial charge in [-0.2, -0.15) is 0 Å². The highest BCUT2D eigenvalue weighted by atomic mass is 16.2. The lowest BCUT2D eigenvalue weighted by Crippen LogP contribution is -2.56. The fourth-order valence-corrected chi connectivity index (χ4v) is 2.84. The number of piperidine rings is 1. The van der Waals surface area contributed by atoms with Crippen LogP contribution in [-0.2, 0) is 4.79 Å². The standard InChI is InChI=1S/C13H25N3O/c1-3-15-7-9-16(10-8-15)13(17)12-6-4-5-11(2)14-12/h11-12,14H,3-10H2,1-2H3. The average Bonchev–Trinajstić information content (AvgIpc) is 2.38. The molecule has 0 aromatic rings. The summed E-state index contributed by atoms with van der Waals surface area (Å²) < 4.78 is 0. The van der Waals surface area contributed by atoms with Crippen LogP contribution in [0.15, 0.2) is 0 Å². The van der Waals surface area contributed by atoms with E-state index in [1.54, 1.807) is 0 Å². The van der Waals surface area contributed by atoms with Crippen LogP contribution in [0, 0.1) is 0 Å². The Kier molecular flexibility index (Phi) is 4.40. The van der Waals surface area contributed by atoms with E-state index in [1.165, 1.54) is 12.8 Å². The van der Waals surface area contributed by atoms with Crippen molar-refractivity contribution in [3.63, 3.8) is 0 Å². The van der Waals surface area contributed by atoms with Crippen molar-refractivity contribution in [3.05, 3.63) is 0 Å². The third kappa shape index (κ3) is 3.19. The maximum Gasteiger partial charge on any atom is 0.239 e. The van der Waals surface area contributed by atoms with Crippen LogP contribution >= 0.6 is 0 Å². The molecule has 1 N–H and O–H groups in total. The molecule has 98 valence electrons. The number of carbonyl (C=O) groups excluding carboxylic acids is 1. The Morgan fingerprint density at radius 2 is 1.94 bits per heavy atom. The minimum absolute atomic E-state index is 0.0759. The van der Waals surface area contributed by atoms with Crippen LogP contribution < -0.4 is 5.32 Å². The van der Waals surface area contributed by atoms with Crippen molar-refractivity contribution in [2.45, 2.75) is 45.2 Å². The first-order valence-electron chi connectivity index (χ1n) is 6.98. The minimum Gasteiger partial charge on any atom is -0.339 e. The van der Waals surface area contributed by atoms with Crippen LogP contribution in [0.4, 0.5) is 0 Å². The van der Waals surface area contributed by atoms with Gasteiger partial charge in [-0.3, -0.25) is 4.79 Å². The number of likely N-dealkylation sites (N-methyl/N-ethyl adjacent to an activating group) is 1. The summed E-state index contributed by atoms with van der Waals surface area (Å²) in [5.41, 5.74) is 0. The molecule has 0 aliphatic carbocycles. The normalized spacial score (nSPS) is 31.5. The molecule has 0 aromatic carbocycles. The Bertz CT molecular complexity index is 261. The second-order valence-electron chi connectivity index (χ2n) is 5.31. The number of hydrogen-bond donors (Lipinski definition) is 1. The van der Waals surface area contributed by atoms with E-state index in [9.17, 15) is 4.79 Å². The zero-order valence-electron chi connectivity index (χ0n) is 11.1. The number of carbonyl (C=O) groups is 1. The quantitative estimate of drug-likeness (QED) is 0.770. The summed E-state index contributed by atoms with van der Waals surface area (Å²) in [6.07, 6.45) is 3.39. The molecule has 0 bridgehead atoms. The maximum absolute atomic E-state index is 12.3. The van der Waals surface area contributed by atoms with E-state index < -0.39 is 0 Å². The number of hydrogen-bond acceptors (Lipinski definition) is 3. The lowest BCUT2D eigenvalue weighted by molar-refractivity contribution is -0.136. The highest BCUT2D eigenvalue weighted by molar-refractivity contribution is 5.82. The van der Waals surface area contributed by atoms with Gasteiger partial charge >= 0.3 is 0 Å². The summed E-state index contributed by atoms with van der Waals surface area (Å²) in [4.78, 5) is 16.8. The highest BCUT2D eigenvalue weighted by Crippen LogP contribution is 2.15. The van der Waals surface area contributed by atoms with E-state index in [1.807, 2.05) is 4.90 Å². The Labute approximate surface area is 104 Å². The van der Waals surface area contributed by atoms with Crippen LogP contribution in [0.25, 0.3) is 0 Å². The molecule has 17 heavy (non-hydrogen) atoms. The zero-order chi connectivity index (χ0) is 12.3. The molecular formula is C13H25N3O. The van der Waals surface area contributed by atoms with Crippen LogP contribution in [0.3, 0.4) is 0 Å². The lowest BCUT2D eigenvalue weighted by Gasteiger charge is -2.37. The molecule has 2 rings (SSSR count). The molecule has 0 spiro atoms. The predicted molar refractivity (Wildman–Crippen MR) is 68.9 cm³/mol. The van der Waals surface area contributed by atoms with E-state index in [2.05, 4.69) is 24.1 Å². The summed E-state index contributed by atoms with van der Waals surface area (Å²) in [7, 11) is 0. The number of piperazine rings is 1. The topological polar surface area (TPSA) is 35.6 Å². The summed E-state index contributed by atoms with van der Waals surface area (Å²) in [6, 6.07) is 0.571. The molecule has 0 saturated carbocycles. The van der Waals surface area contributed by atoms with E-state index in [4.69, 9.17) is 0 Å². The molecule has 2 saturated heterocycles. The van der Waals surface area contributed by atoms with Gasteiger partial charge < -0.3 is 15.1 Å². The first-order valence-corrected chi connectivity index (χ1v) is 6.98. The van der Waals surface area contributed by atoms with Crippen LogP contribution in [0.2, 0.25) is 0 Å². The monoisotopic (exact) mass is 239 g/mol. The maximum atomic E-state index is 12.3. The highest BCUT2D eigenvalue weighted by Gasteiger charge is 2.29. The molecule has 0 aromatic heterocycles. The third-order valence-electron chi connectivity index (χ3n) is 4.04. The van der Waals surface area contributed by atoms with Crippen LogP contribution in [0.1, 0.15) is 33.1 Å². The predicted octanol–water partition coefficient (Wildman–Crippen LogP) is 0.681. The van der Waals surface area contributed by atoms with Crippen LogP contribution in [-0.4, -0.2) is 60.5 Å². The molecular weight excluding hydrogens is 214 g/mol. The fraction of sp³-hybridized carbons (Fsp3) is 0.923. The van der Waals surface area contributed by atoms with Gasteiger partial charge in [0.2, 0.25) is 5.91 Å². The Morgan fingerprint density at radius 3 is 2.53 bits per heavy atom. The van der Waals surface area contributed by atoms with Crippen molar-refractivity contribution in [3.8, 4) is 0 Å². The van der Waals surface area contributed by atoms with Crippen molar-refractivity contribution in [1.82, 2.24) is 15.1 Å². The van der Waals surface area contributed by atoms with Gasteiger partial charge in [0.15, 0.2) is 0 Å². The largest absolute Gasteiger partial charge is 0.339 e. The minimum atomic E-state index is 0.0759. The van der Waals surface area contributed by atoms with Gasteiger partial charge in [0.1, 0.15) is 0 Å². The molecule has 2 fully saturated rings. The first kappa shape index (κ1) is 12.8. The van der Waals surface area contributed by atoms with Crippen molar-refractivity contribution in [2.75, 3.05) is 32.7 Å². The van der Waals surface area contributed by atoms with Gasteiger partial charge in [0.25, 0.3) is 0 Å². The van der Waals surface area contributed by atoms with E-state index >= 15 is 0 Å². The fourth-order valence-electron chi connectivity index (χ4n) is 2.84. The number of nitrogens with one attached hydrogen (secondary N) is 1. The second kappa shape index (κ2) is 5.83. The summed E-state index contributed by atoms with van der Waals surface area (Å²) in [5.74, 6) is 0.326. The molecule has 2 aliphatic rings. The third-order valence-corrected chi connectivity index (χ3v) is 4.04. The first-order chi connectivity index (χ1) is 8.20. The Morgan fingerprint density at radius 1 is 1.24 bits per heavy atom. The molecule has 4 nitrogen and oxygen atoms in total. The van der Waals surface area contributed by atoms with Crippen LogP contribution in [0.5, 0.6) is 0 Å². The Hall–Kier alpha value is -0.610. The van der Waals surface area contributed by atoms with Crippen molar-refractivity contribution < 1.29 is 4.79 Å². The number of amides is 1. The average molecular weight is 239 g/mol. The second-order valence-corrected chi connectivity index (χ2v) is 5.31. The summed E-state index contributed by atoms with van der Waals surface area (Å²) >= 11 is 0. The summed E-state index contributed by atoms with van der Waals surface area (Å²) in [5, 5.41) is 3.43. The molecule has 2 heterocycles. The van der Waals surface area contributed by atoms with Crippen molar-refractivity contribution in [2.24, 2.45) is 0 Å². The molecule has 1 amide bonds. The van der Waals surface area contributed by atoms with Gasteiger partial charge in [-0.25, -0.2) is 0 Å². The van der Waals surface area contributed by atoms with Gasteiger partial charge in [0.05, 0.1) is 6.04 Å². The SMILES string of the molecule is CCN1CCN(C(=O)C2CCCC(C)N2)CC1. The summed E-state index contributed by atoms with van der Waals surface area (Å²) in [6.45, 7) is 9.32. The molecule has 0 radical (unpaired) electrons. The smallest absolute Gasteiger partial charge is 0.239 e. The van der Waals surface area contributed by atoms with E-state index in [0.29, 0.717) is 11.9 Å². The molecule has 2 aliphatic heterocycles. The van der Waals surface area contributed by atoms with Gasteiger partial charge in [-0.05, 0) is 32.7 Å². The molecule has 2 atom stereocenters. The van der Waals surface area contributed by atoms with Gasteiger partial charge in [-0.15, -0.1) is 0 Å². The lowest BCUT2D eigenvalue weighted by atomic mass is 9.98. The van der Waals surface area contributed by atoms with Crippen molar-refractivity contribution >= 4 is 5.91 Å². The number of nitrogens with zero attached hydrogens (tertiary/aromatic N) is 2. The van der Waals surface area contributed by atoms with Gasteiger partial charge in [0, 0.05) is 32.2 Å². The van der Waals surface area contributed by atoms with E-state index in [0.717, 1.165) is 39.1 Å². The number of rotatable bonds is 2. The van der Waals surface area contributed by atoms with E-state index in [-0.39, 0.29) is 6.04 Å². The molecule has 2 unspecified atom stereocenters. The van der Waals surface area contributed by atoms with Crippen molar-refractivity contribution in [1.29, 1.82) is 0 Å². The zero-order valence-corrected chi connectivity index (χ0v) is 11.1.